The molecule has 3 aromatic carbocycles. The summed E-state index contributed by atoms with van der Waals surface area (Å²) >= 11 is 11.8. The Bertz CT molecular complexity index is 1420. The fourth-order valence-electron chi connectivity index (χ4n) is 3.32. The van der Waals surface area contributed by atoms with Crippen molar-refractivity contribution in [3.8, 4) is 22.7 Å². The number of rotatable bonds is 8. The molecule has 37 heavy (non-hydrogen) atoms. The normalized spacial score (nSPS) is 10.9. The third-order valence-corrected chi connectivity index (χ3v) is 5.86. The van der Waals surface area contributed by atoms with E-state index in [0.717, 1.165) is 23.4 Å². The van der Waals surface area contributed by atoms with Crippen molar-refractivity contribution in [1.82, 2.24) is 15.2 Å². The minimum atomic E-state index is -0.947. The van der Waals surface area contributed by atoms with E-state index in [9.17, 15) is 9.59 Å². The quantitative estimate of drug-likeness (QED) is 0.171. The van der Waals surface area contributed by atoms with Crippen molar-refractivity contribution in [2.75, 3.05) is 11.9 Å². The molecule has 2 amide bonds. The van der Waals surface area contributed by atoms with Crippen LogP contribution >= 0.6 is 23.2 Å². The largest absolute Gasteiger partial charge is 0.494 e. The van der Waals surface area contributed by atoms with Crippen LogP contribution < -0.4 is 15.5 Å². The molecule has 188 valence electrons. The fourth-order valence-corrected chi connectivity index (χ4v) is 3.62. The Morgan fingerprint density at radius 1 is 1.00 bits per heavy atom. The van der Waals surface area contributed by atoms with Gasteiger partial charge in [0.2, 0.25) is 0 Å². The zero-order valence-corrected chi connectivity index (χ0v) is 21.3. The molecule has 0 aliphatic heterocycles. The average Bonchev–Trinajstić information content (AvgIpc) is 3.34. The molecule has 0 aliphatic carbocycles. The number of nitrogens with zero attached hydrogens (tertiary/aromatic N) is 3. The van der Waals surface area contributed by atoms with Crippen LogP contribution in [-0.2, 0) is 9.59 Å². The molecule has 10 heteroatoms. The molecule has 0 unspecified atom stereocenters. The second kappa shape index (κ2) is 12.2. The lowest BCUT2D eigenvalue weighted by Crippen LogP contribution is -2.32. The zero-order valence-electron chi connectivity index (χ0n) is 19.8. The van der Waals surface area contributed by atoms with Gasteiger partial charge in [-0.25, -0.2) is 10.1 Å². The third-order valence-electron chi connectivity index (χ3n) is 5.12. The summed E-state index contributed by atoms with van der Waals surface area (Å²) in [5, 5.41) is 11.7. The lowest BCUT2D eigenvalue weighted by atomic mass is 10.1. The molecule has 0 spiro atoms. The third kappa shape index (κ3) is 6.75. The first-order valence-corrected chi connectivity index (χ1v) is 12.2. The van der Waals surface area contributed by atoms with E-state index in [1.165, 1.54) is 24.4 Å². The maximum atomic E-state index is 12.3. The summed E-state index contributed by atoms with van der Waals surface area (Å²) in [6.07, 6.45) is 4.15. The zero-order chi connectivity index (χ0) is 26.2. The van der Waals surface area contributed by atoms with Crippen LogP contribution in [-0.4, -0.2) is 34.4 Å². The van der Waals surface area contributed by atoms with Crippen molar-refractivity contribution < 1.29 is 14.3 Å². The Labute approximate surface area is 223 Å². The molecule has 0 aliphatic rings. The van der Waals surface area contributed by atoms with Crippen molar-refractivity contribution in [3.05, 3.63) is 94.6 Å². The maximum Gasteiger partial charge on any atom is 0.329 e. The monoisotopic (exact) mass is 535 g/mol. The summed E-state index contributed by atoms with van der Waals surface area (Å²) in [6, 6.07) is 21.7. The number of hydrogen-bond donors (Lipinski definition) is 2. The SMILES string of the molecule is CCCOc1ccc(-c2nn(-c3ccccc3)cc2/C=N\NC(=O)C(=O)Nc2ccc(Cl)c(Cl)c2)cc1. The van der Waals surface area contributed by atoms with Crippen molar-refractivity contribution in [1.29, 1.82) is 0 Å². The molecule has 0 bridgehead atoms. The summed E-state index contributed by atoms with van der Waals surface area (Å²) in [5.41, 5.74) is 5.54. The van der Waals surface area contributed by atoms with Crippen LogP contribution in [0.3, 0.4) is 0 Å². The number of anilines is 1. The molecule has 8 nitrogen and oxygen atoms in total. The van der Waals surface area contributed by atoms with E-state index in [1.807, 2.05) is 61.5 Å². The van der Waals surface area contributed by atoms with Gasteiger partial charge in [-0.3, -0.25) is 9.59 Å². The molecule has 1 aromatic heterocycles. The van der Waals surface area contributed by atoms with Crippen LogP contribution in [0.15, 0.2) is 84.1 Å². The van der Waals surface area contributed by atoms with Crippen LogP contribution in [0.5, 0.6) is 5.75 Å². The highest BCUT2D eigenvalue weighted by molar-refractivity contribution is 6.43. The number of carbonyl (C=O) groups excluding carboxylic acids is 2. The number of carbonyl (C=O) groups is 2. The predicted octanol–water partition coefficient (Wildman–Crippen LogP) is 5.72. The van der Waals surface area contributed by atoms with Gasteiger partial charge >= 0.3 is 11.8 Å². The summed E-state index contributed by atoms with van der Waals surface area (Å²) < 4.78 is 7.39. The topological polar surface area (TPSA) is 97.6 Å². The molecule has 0 saturated heterocycles. The van der Waals surface area contributed by atoms with Crippen LogP contribution in [0.2, 0.25) is 10.0 Å². The highest BCUT2D eigenvalue weighted by atomic mass is 35.5. The minimum Gasteiger partial charge on any atom is -0.494 e. The van der Waals surface area contributed by atoms with E-state index >= 15 is 0 Å². The van der Waals surface area contributed by atoms with Gasteiger partial charge in [0.05, 0.1) is 28.6 Å². The van der Waals surface area contributed by atoms with Gasteiger partial charge in [-0.2, -0.15) is 10.2 Å². The lowest BCUT2D eigenvalue weighted by Gasteiger charge is -2.06. The summed E-state index contributed by atoms with van der Waals surface area (Å²) in [4.78, 5) is 24.5. The van der Waals surface area contributed by atoms with E-state index in [2.05, 4.69) is 15.8 Å². The summed E-state index contributed by atoms with van der Waals surface area (Å²) in [7, 11) is 0. The van der Waals surface area contributed by atoms with Gasteiger partial charge in [-0.05, 0) is 61.0 Å². The molecule has 0 fully saturated rings. The van der Waals surface area contributed by atoms with Crippen LogP contribution in [0.25, 0.3) is 16.9 Å². The van der Waals surface area contributed by atoms with E-state index in [-0.39, 0.29) is 5.02 Å². The Balaban J connectivity index is 1.52. The van der Waals surface area contributed by atoms with Crippen LogP contribution in [0, 0.1) is 0 Å². The van der Waals surface area contributed by atoms with E-state index in [4.69, 9.17) is 33.0 Å². The number of aromatic nitrogens is 2. The van der Waals surface area contributed by atoms with Crippen molar-refractivity contribution in [2.24, 2.45) is 5.10 Å². The fraction of sp³-hybridized carbons (Fsp3) is 0.111. The standard InChI is InChI=1S/C27H23Cl2N5O3/c1-2-14-37-22-11-8-18(9-12-22)25-19(17-34(33-25)21-6-4-3-5-7-21)16-30-32-27(36)26(35)31-20-10-13-23(28)24(29)15-20/h3-13,15-17H,2,14H2,1H3,(H,31,35)(H,32,36)/b30-16-. The van der Waals surface area contributed by atoms with Gasteiger partial charge in [0, 0.05) is 23.0 Å². The predicted molar refractivity (Wildman–Crippen MR) is 146 cm³/mol. The number of hydrazone groups is 1. The minimum absolute atomic E-state index is 0.255. The lowest BCUT2D eigenvalue weighted by molar-refractivity contribution is -0.136. The Morgan fingerprint density at radius 2 is 1.76 bits per heavy atom. The number of benzene rings is 3. The second-order valence-corrected chi connectivity index (χ2v) is 8.68. The Hall–Kier alpha value is -4.14. The molecule has 0 saturated carbocycles. The molecular weight excluding hydrogens is 513 g/mol. The number of hydrogen-bond acceptors (Lipinski definition) is 5. The maximum absolute atomic E-state index is 12.3. The highest BCUT2D eigenvalue weighted by Gasteiger charge is 2.15. The van der Waals surface area contributed by atoms with Crippen LogP contribution in [0.1, 0.15) is 18.9 Å². The summed E-state index contributed by atoms with van der Waals surface area (Å²) in [5.74, 6) is -1.08. The molecule has 4 aromatic rings. The van der Waals surface area contributed by atoms with Crippen molar-refractivity contribution >= 4 is 46.9 Å². The highest BCUT2D eigenvalue weighted by Crippen LogP contribution is 2.26. The average molecular weight is 536 g/mol. The Kier molecular flexibility index (Phi) is 8.56. The number of amides is 2. The number of ether oxygens (including phenoxy) is 1. The molecule has 0 radical (unpaired) electrons. The second-order valence-electron chi connectivity index (χ2n) is 7.87. The van der Waals surface area contributed by atoms with Gasteiger partial charge in [0.25, 0.3) is 0 Å². The van der Waals surface area contributed by atoms with Gasteiger partial charge in [-0.1, -0.05) is 48.3 Å². The van der Waals surface area contributed by atoms with E-state index in [0.29, 0.717) is 28.6 Å². The molecule has 0 atom stereocenters. The van der Waals surface area contributed by atoms with Gasteiger partial charge in [0.15, 0.2) is 0 Å². The van der Waals surface area contributed by atoms with Gasteiger partial charge in [0.1, 0.15) is 11.4 Å². The summed E-state index contributed by atoms with van der Waals surface area (Å²) in [6.45, 7) is 2.68. The van der Waals surface area contributed by atoms with E-state index < -0.39 is 11.8 Å². The van der Waals surface area contributed by atoms with Crippen molar-refractivity contribution in [3.63, 3.8) is 0 Å². The number of nitrogens with one attached hydrogen (secondary N) is 2. The first kappa shape index (κ1) is 25.9. The smallest absolute Gasteiger partial charge is 0.329 e. The molecule has 2 N–H and O–H groups in total. The van der Waals surface area contributed by atoms with Gasteiger partial charge in [-0.15, -0.1) is 0 Å². The molecule has 1 heterocycles. The van der Waals surface area contributed by atoms with Crippen molar-refractivity contribution in [2.45, 2.75) is 13.3 Å². The van der Waals surface area contributed by atoms with Gasteiger partial charge < -0.3 is 10.1 Å². The van der Waals surface area contributed by atoms with Crippen LogP contribution in [0.4, 0.5) is 5.69 Å². The molecular formula is C27H23Cl2N5O3. The Morgan fingerprint density at radius 3 is 2.46 bits per heavy atom. The van der Waals surface area contributed by atoms with E-state index in [1.54, 1.807) is 10.9 Å². The number of halogens is 2. The first-order chi connectivity index (χ1) is 17.9. The molecule has 4 rings (SSSR count). The number of para-hydroxylation sites is 1. The first-order valence-electron chi connectivity index (χ1n) is 11.4.